The summed E-state index contributed by atoms with van der Waals surface area (Å²) in [5.41, 5.74) is -2.70. The van der Waals surface area contributed by atoms with Gasteiger partial charge in [0.1, 0.15) is 5.75 Å². The Morgan fingerprint density at radius 2 is 1.96 bits per heavy atom. The van der Waals surface area contributed by atoms with E-state index in [-0.39, 0.29) is 30.2 Å². The monoisotopic (exact) mass is 354 g/mol. The number of para-hydroxylation sites is 1. The number of nitro groups is 1. The lowest BCUT2D eigenvalue weighted by Gasteiger charge is -2.43. The number of ether oxygens (including phenoxy) is 2. The van der Waals surface area contributed by atoms with Crippen LogP contribution < -0.4 is 4.74 Å². The average Bonchev–Trinajstić information content (AvgIpc) is 2.46. The standard InChI is InChI=1S/C16H13F3N2O4/c1-10-6-7-12(21(22)23)14(20-10)25-13-5-3-2-4-11(13)15(8-9-24-15)16(17,18)19/h2-7H,8-9H2,1H3. The van der Waals surface area contributed by atoms with Gasteiger partial charge in [0, 0.05) is 23.7 Å². The van der Waals surface area contributed by atoms with Gasteiger partial charge < -0.3 is 9.47 Å². The molecule has 132 valence electrons. The molecule has 6 nitrogen and oxygen atoms in total. The summed E-state index contributed by atoms with van der Waals surface area (Å²) >= 11 is 0. The molecule has 1 aromatic heterocycles. The highest BCUT2D eigenvalue weighted by atomic mass is 19.4. The number of pyridine rings is 1. The van der Waals surface area contributed by atoms with Gasteiger partial charge in [-0.25, -0.2) is 4.98 Å². The molecule has 0 aliphatic carbocycles. The fraction of sp³-hybridized carbons (Fsp3) is 0.312. The molecule has 2 aromatic rings. The van der Waals surface area contributed by atoms with Crippen molar-refractivity contribution in [2.24, 2.45) is 0 Å². The molecule has 0 amide bonds. The molecule has 1 saturated heterocycles. The summed E-state index contributed by atoms with van der Waals surface area (Å²) < 4.78 is 50.9. The molecule has 0 N–H and O–H groups in total. The third kappa shape index (κ3) is 2.91. The topological polar surface area (TPSA) is 74.5 Å². The first-order valence-corrected chi connectivity index (χ1v) is 7.35. The van der Waals surface area contributed by atoms with Crippen molar-refractivity contribution in [1.82, 2.24) is 4.98 Å². The molecular weight excluding hydrogens is 341 g/mol. The largest absolute Gasteiger partial charge is 0.433 e. The van der Waals surface area contributed by atoms with Crippen LogP contribution in [0.15, 0.2) is 36.4 Å². The van der Waals surface area contributed by atoms with E-state index in [4.69, 9.17) is 9.47 Å². The van der Waals surface area contributed by atoms with E-state index in [2.05, 4.69) is 4.98 Å². The molecule has 2 heterocycles. The van der Waals surface area contributed by atoms with Crippen molar-refractivity contribution < 1.29 is 27.6 Å². The van der Waals surface area contributed by atoms with E-state index in [0.717, 1.165) is 0 Å². The highest BCUT2D eigenvalue weighted by Crippen LogP contribution is 2.53. The van der Waals surface area contributed by atoms with Crippen LogP contribution in [0.2, 0.25) is 0 Å². The van der Waals surface area contributed by atoms with Crippen LogP contribution in [-0.2, 0) is 10.3 Å². The summed E-state index contributed by atoms with van der Waals surface area (Å²) in [4.78, 5) is 14.3. The summed E-state index contributed by atoms with van der Waals surface area (Å²) in [6, 6.07) is 8.06. The summed E-state index contributed by atoms with van der Waals surface area (Å²) in [6.07, 6.45) is -4.89. The van der Waals surface area contributed by atoms with Crippen LogP contribution in [0.4, 0.5) is 18.9 Å². The molecule has 1 aromatic carbocycles. The lowest BCUT2D eigenvalue weighted by atomic mass is 9.85. The van der Waals surface area contributed by atoms with Crippen molar-refractivity contribution in [3.05, 3.63) is 57.8 Å². The zero-order valence-electron chi connectivity index (χ0n) is 13.0. The van der Waals surface area contributed by atoms with Gasteiger partial charge in [-0.3, -0.25) is 10.1 Å². The normalized spacial score (nSPS) is 20.0. The Bertz CT molecular complexity index is 819. The van der Waals surface area contributed by atoms with E-state index < -0.39 is 22.4 Å². The first-order valence-electron chi connectivity index (χ1n) is 7.35. The van der Waals surface area contributed by atoms with Crippen LogP contribution in [0.25, 0.3) is 0 Å². The zero-order chi connectivity index (χ0) is 18.2. The molecule has 1 fully saturated rings. The molecule has 9 heteroatoms. The van der Waals surface area contributed by atoms with Crippen LogP contribution in [0, 0.1) is 17.0 Å². The maximum atomic E-state index is 13.5. The van der Waals surface area contributed by atoms with E-state index in [0.29, 0.717) is 5.69 Å². The van der Waals surface area contributed by atoms with E-state index in [1.165, 1.54) is 36.4 Å². The number of alkyl halides is 3. The van der Waals surface area contributed by atoms with E-state index in [1.54, 1.807) is 6.92 Å². The first kappa shape index (κ1) is 17.2. The zero-order valence-corrected chi connectivity index (χ0v) is 13.0. The van der Waals surface area contributed by atoms with Gasteiger partial charge >= 0.3 is 11.9 Å². The van der Waals surface area contributed by atoms with E-state index >= 15 is 0 Å². The molecular formula is C16H13F3N2O4. The van der Waals surface area contributed by atoms with Gasteiger partial charge in [-0.2, -0.15) is 13.2 Å². The number of hydrogen-bond acceptors (Lipinski definition) is 5. The SMILES string of the molecule is Cc1ccc([N+](=O)[O-])c(Oc2ccccc2C2(C(F)(F)F)CCO2)n1. The first-order chi connectivity index (χ1) is 11.7. The highest BCUT2D eigenvalue weighted by molar-refractivity contribution is 5.47. The number of nitrogens with zero attached hydrogens (tertiary/aromatic N) is 2. The summed E-state index contributed by atoms with van der Waals surface area (Å²) in [7, 11) is 0. The number of benzene rings is 1. The second-order valence-corrected chi connectivity index (χ2v) is 5.56. The number of halogens is 3. The smallest absolute Gasteiger partial charge is 0.421 e. The van der Waals surface area contributed by atoms with Crippen molar-refractivity contribution in [2.45, 2.75) is 25.1 Å². The highest BCUT2D eigenvalue weighted by Gasteiger charge is 2.62. The summed E-state index contributed by atoms with van der Waals surface area (Å²) in [6.45, 7) is 1.56. The molecule has 0 spiro atoms. The lowest BCUT2D eigenvalue weighted by molar-refractivity contribution is -0.386. The predicted octanol–water partition coefficient (Wildman–Crippen LogP) is 4.27. The van der Waals surface area contributed by atoms with Crippen LogP contribution in [0.1, 0.15) is 17.7 Å². The quantitative estimate of drug-likeness (QED) is 0.605. The number of hydrogen-bond donors (Lipinski definition) is 0. The Labute approximate surface area is 140 Å². The fourth-order valence-electron chi connectivity index (χ4n) is 2.63. The van der Waals surface area contributed by atoms with E-state index in [1.807, 2.05) is 0 Å². The van der Waals surface area contributed by atoms with Crippen molar-refractivity contribution in [3.8, 4) is 11.6 Å². The Morgan fingerprint density at radius 3 is 2.52 bits per heavy atom. The molecule has 1 aliphatic rings. The van der Waals surface area contributed by atoms with Crippen molar-refractivity contribution in [1.29, 1.82) is 0 Å². The molecule has 1 atom stereocenters. The Hall–Kier alpha value is -2.68. The molecule has 0 radical (unpaired) electrons. The average molecular weight is 354 g/mol. The summed E-state index contributed by atoms with van der Waals surface area (Å²) in [5, 5.41) is 11.1. The van der Waals surface area contributed by atoms with Crippen LogP contribution in [0.5, 0.6) is 11.6 Å². The summed E-state index contributed by atoms with van der Waals surface area (Å²) in [5.74, 6) is -0.546. The van der Waals surface area contributed by atoms with Crippen molar-refractivity contribution >= 4 is 5.69 Å². The number of aryl methyl sites for hydroxylation is 1. The molecule has 1 unspecified atom stereocenters. The maximum Gasteiger partial charge on any atom is 0.421 e. The fourth-order valence-corrected chi connectivity index (χ4v) is 2.63. The number of rotatable bonds is 4. The molecule has 0 bridgehead atoms. The predicted molar refractivity (Wildman–Crippen MR) is 80.4 cm³/mol. The van der Waals surface area contributed by atoms with Crippen LogP contribution in [-0.4, -0.2) is 22.7 Å². The second-order valence-electron chi connectivity index (χ2n) is 5.56. The van der Waals surface area contributed by atoms with Gasteiger partial charge in [0.2, 0.25) is 0 Å². The lowest BCUT2D eigenvalue weighted by Crippen LogP contribution is -2.52. The Kier molecular flexibility index (Phi) is 4.11. The van der Waals surface area contributed by atoms with Gasteiger partial charge in [-0.15, -0.1) is 0 Å². The van der Waals surface area contributed by atoms with Crippen molar-refractivity contribution in [2.75, 3.05) is 6.61 Å². The molecule has 25 heavy (non-hydrogen) atoms. The van der Waals surface area contributed by atoms with Crippen LogP contribution in [0.3, 0.4) is 0 Å². The Balaban J connectivity index is 2.07. The minimum atomic E-state index is -4.64. The van der Waals surface area contributed by atoms with Gasteiger partial charge in [-0.1, -0.05) is 18.2 Å². The molecule has 3 rings (SSSR count). The Morgan fingerprint density at radius 1 is 1.28 bits per heavy atom. The molecule has 0 saturated carbocycles. The third-order valence-electron chi connectivity index (χ3n) is 3.97. The third-order valence-corrected chi connectivity index (χ3v) is 3.97. The van der Waals surface area contributed by atoms with Gasteiger partial charge in [-0.05, 0) is 19.1 Å². The van der Waals surface area contributed by atoms with Gasteiger partial charge in [0.05, 0.1) is 11.5 Å². The van der Waals surface area contributed by atoms with Gasteiger partial charge in [0.15, 0.2) is 5.60 Å². The number of aromatic nitrogens is 1. The van der Waals surface area contributed by atoms with Crippen molar-refractivity contribution in [3.63, 3.8) is 0 Å². The maximum absolute atomic E-state index is 13.5. The minimum Gasteiger partial charge on any atom is -0.433 e. The molecule has 1 aliphatic heterocycles. The van der Waals surface area contributed by atoms with Crippen LogP contribution >= 0.6 is 0 Å². The van der Waals surface area contributed by atoms with E-state index in [9.17, 15) is 23.3 Å². The second kappa shape index (κ2) is 5.99. The van der Waals surface area contributed by atoms with Gasteiger partial charge in [0.25, 0.3) is 5.88 Å². The minimum absolute atomic E-state index is 0.0311.